The predicted molar refractivity (Wildman–Crippen MR) is 68.1 cm³/mol. The predicted octanol–water partition coefficient (Wildman–Crippen LogP) is 0.244. The Morgan fingerprint density at radius 2 is 2.05 bits per heavy atom. The number of benzene rings is 1. The lowest BCUT2D eigenvalue weighted by Gasteiger charge is -2.13. The van der Waals surface area contributed by atoms with Crippen molar-refractivity contribution in [3.63, 3.8) is 0 Å². The second-order valence-corrected chi connectivity index (χ2v) is 4.20. The smallest absolute Gasteiger partial charge is 0.328 e. The number of hydrogen-bond donors (Lipinski definition) is 3. The van der Waals surface area contributed by atoms with Crippen LogP contribution in [0.25, 0.3) is 0 Å². The van der Waals surface area contributed by atoms with Gasteiger partial charge in [0.2, 0.25) is 0 Å². The zero-order valence-electron chi connectivity index (χ0n) is 10.8. The number of hydrogen-bond acceptors (Lipinski definition) is 4. The van der Waals surface area contributed by atoms with Gasteiger partial charge in [-0.25, -0.2) is 4.79 Å². The maximum atomic E-state index is 11.5. The third-order valence-corrected chi connectivity index (χ3v) is 2.52. The summed E-state index contributed by atoms with van der Waals surface area (Å²) >= 11 is 0. The molecule has 1 aromatic rings. The van der Waals surface area contributed by atoms with Gasteiger partial charge in [-0.3, -0.25) is 4.79 Å². The number of rotatable bonds is 6. The molecule has 0 saturated carbocycles. The molecule has 1 aromatic carbocycles. The number of carboxylic acid groups (broad SMARTS) is 1. The summed E-state index contributed by atoms with van der Waals surface area (Å²) in [6.07, 6.45) is 0. The molecule has 0 unspecified atom stereocenters. The summed E-state index contributed by atoms with van der Waals surface area (Å²) in [6, 6.07) is 4.28. The van der Waals surface area contributed by atoms with Gasteiger partial charge in [0.15, 0.2) is 6.61 Å². The van der Waals surface area contributed by atoms with Gasteiger partial charge in [0.05, 0.1) is 6.61 Å². The van der Waals surface area contributed by atoms with E-state index in [4.69, 9.17) is 14.9 Å². The summed E-state index contributed by atoms with van der Waals surface area (Å²) < 4.78 is 5.32. The topological polar surface area (TPSA) is 95.9 Å². The lowest BCUT2D eigenvalue weighted by atomic mass is 10.1. The largest absolute Gasteiger partial charge is 0.483 e. The van der Waals surface area contributed by atoms with Crippen LogP contribution in [0.5, 0.6) is 5.75 Å². The molecule has 0 bridgehead atoms. The zero-order chi connectivity index (χ0) is 14.4. The number of aliphatic hydroxyl groups is 1. The Kier molecular flexibility index (Phi) is 5.32. The third kappa shape index (κ3) is 4.59. The molecule has 3 N–H and O–H groups in total. The normalized spacial score (nSPS) is 11.7. The van der Waals surface area contributed by atoms with E-state index in [1.54, 1.807) is 6.07 Å². The monoisotopic (exact) mass is 267 g/mol. The van der Waals surface area contributed by atoms with Gasteiger partial charge in [-0.1, -0.05) is 12.1 Å². The molecule has 0 aromatic heterocycles. The van der Waals surface area contributed by atoms with Crippen LogP contribution in [0.2, 0.25) is 0 Å². The van der Waals surface area contributed by atoms with Crippen molar-refractivity contribution in [2.75, 3.05) is 13.2 Å². The average Bonchev–Trinajstić information content (AvgIpc) is 2.36. The van der Waals surface area contributed by atoms with Gasteiger partial charge < -0.3 is 20.3 Å². The lowest BCUT2D eigenvalue weighted by Crippen LogP contribution is -2.45. The van der Waals surface area contributed by atoms with E-state index in [1.165, 1.54) is 0 Å². The lowest BCUT2D eigenvalue weighted by molar-refractivity contribution is -0.143. The molecule has 1 rings (SSSR count). The van der Waals surface area contributed by atoms with Crippen LogP contribution in [0.15, 0.2) is 18.2 Å². The molecular formula is C13H17NO5. The fourth-order valence-corrected chi connectivity index (χ4v) is 1.43. The molecule has 6 nitrogen and oxygen atoms in total. The number of aliphatic hydroxyl groups excluding tert-OH is 1. The van der Waals surface area contributed by atoms with Crippen molar-refractivity contribution in [2.45, 2.75) is 19.9 Å². The number of nitrogens with one attached hydrogen (secondary N) is 1. The number of aliphatic carboxylic acids is 1. The Bertz CT molecular complexity index is 472. The number of amides is 1. The number of carboxylic acids is 1. The molecule has 0 fully saturated rings. The van der Waals surface area contributed by atoms with Crippen molar-refractivity contribution in [1.29, 1.82) is 0 Å². The van der Waals surface area contributed by atoms with Crippen LogP contribution >= 0.6 is 0 Å². The maximum Gasteiger partial charge on any atom is 0.328 e. The van der Waals surface area contributed by atoms with E-state index >= 15 is 0 Å². The van der Waals surface area contributed by atoms with Crippen molar-refractivity contribution >= 4 is 11.9 Å². The number of carbonyl (C=O) groups excluding carboxylic acids is 1. The van der Waals surface area contributed by atoms with E-state index in [0.717, 1.165) is 11.1 Å². The first-order valence-electron chi connectivity index (χ1n) is 5.77. The second kappa shape index (κ2) is 6.75. The van der Waals surface area contributed by atoms with Crippen LogP contribution in [0.1, 0.15) is 11.1 Å². The molecule has 0 spiro atoms. The van der Waals surface area contributed by atoms with Gasteiger partial charge in [0.1, 0.15) is 11.8 Å². The first-order valence-corrected chi connectivity index (χ1v) is 5.77. The molecule has 104 valence electrons. The minimum atomic E-state index is -1.31. The molecule has 0 aliphatic rings. The van der Waals surface area contributed by atoms with Gasteiger partial charge in [-0.05, 0) is 31.0 Å². The van der Waals surface area contributed by atoms with Crippen LogP contribution in [-0.2, 0) is 9.59 Å². The summed E-state index contributed by atoms with van der Waals surface area (Å²) in [7, 11) is 0. The Morgan fingerprint density at radius 3 is 2.63 bits per heavy atom. The summed E-state index contributed by atoms with van der Waals surface area (Å²) in [6.45, 7) is 2.79. The Labute approximate surface area is 111 Å². The van der Waals surface area contributed by atoms with Crippen LogP contribution in [0.3, 0.4) is 0 Å². The van der Waals surface area contributed by atoms with Crippen molar-refractivity contribution < 1.29 is 24.5 Å². The van der Waals surface area contributed by atoms with Crippen molar-refractivity contribution in [2.24, 2.45) is 0 Å². The fraction of sp³-hybridized carbons (Fsp3) is 0.385. The van der Waals surface area contributed by atoms with E-state index in [1.807, 2.05) is 26.0 Å². The number of ether oxygens (including phenoxy) is 1. The van der Waals surface area contributed by atoms with E-state index in [0.29, 0.717) is 5.75 Å². The van der Waals surface area contributed by atoms with Gasteiger partial charge in [0.25, 0.3) is 5.91 Å². The number of aryl methyl sites for hydroxylation is 2. The molecule has 0 aliphatic carbocycles. The Balaban J connectivity index is 2.54. The highest BCUT2D eigenvalue weighted by molar-refractivity contribution is 5.84. The van der Waals surface area contributed by atoms with Crippen molar-refractivity contribution in [3.05, 3.63) is 29.3 Å². The average molecular weight is 267 g/mol. The molecule has 0 radical (unpaired) electrons. The molecule has 1 amide bonds. The van der Waals surface area contributed by atoms with Crippen LogP contribution in [0, 0.1) is 13.8 Å². The van der Waals surface area contributed by atoms with Gasteiger partial charge in [-0.15, -0.1) is 0 Å². The third-order valence-electron chi connectivity index (χ3n) is 2.52. The van der Waals surface area contributed by atoms with Crippen LogP contribution < -0.4 is 10.1 Å². The van der Waals surface area contributed by atoms with Gasteiger partial charge in [-0.2, -0.15) is 0 Å². The molecule has 19 heavy (non-hydrogen) atoms. The standard InChI is InChI=1S/C13H17NO5/c1-8-3-4-9(2)11(5-8)19-7-12(16)14-10(6-15)13(17)18/h3-5,10,15H,6-7H2,1-2H3,(H,14,16)(H,17,18)/t10-/m1/s1. The summed E-state index contributed by atoms with van der Waals surface area (Å²) in [5.41, 5.74) is 1.88. The molecular weight excluding hydrogens is 250 g/mol. The highest BCUT2D eigenvalue weighted by atomic mass is 16.5. The second-order valence-electron chi connectivity index (χ2n) is 4.20. The van der Waals surface area contributed by atoms with E-state index in [9.17, 15) is 9.59 Å². The van der Waals surface area contributed by atoms with E-state index in [2.05, 4.69) is 5.32 Å². The molecule has 6 heteroatoms. The van der Waals surface area contributed by atoms with Crippen molar-refractivity contribution in [1.82, 2.24) is 5.32 Å². The van der Waals surface area contributed by atoms with Crippen LogP contribution in [-0.4, -0.2) is 41.3 Å². The molecule has 0 heterocycles. The molecule has 1 atom stereocenters. The van der Waals surface area contributed by atoms with Gasteiger partial charge >= 0.3 is 5.97 Å². The maximum absolute atomic E-state index is 11.5. The molecule has 0 aliphatic heterocycles. The SMILES string of the molecule is Cc1ccc(C)c(OCC(=O)N[C@H](CO)C(=O)O)c1. The quantitative estimate of drug-likeness (QED) is 0.686. The fourth-order valence-electron chi connectivity index (χ4n) is 1.43. The number of carbonyl (C=O) groups is 2. The summed E-state index contributed by atoms with van der Waals surface area (Å²) in [4.78, 5) is 22.1. The van der Waals surface area contributed by atoms with E-state index < -0.39 is 24.5 Å². The van der Waals surface area contributed by atoms with Crippen LogP contribution in [0.4, 0.5) is 0 Å². The first kappa shape index (κ1) is 15.0. The Morgan fingerprint density at radius 1 is 1.37 bits per heavy atom. The van der Waals surface area contributed by atoms with Crippen molar-refractivity contribution in [3.8, 4) is 5.75 Å². The highest BCUT2D eigenvalue weighted by Crippen LogP contribution is 2.18. The highest BCUT2D eigenvalue weighted by Gasteiger charge is 2.18. The zero-order valence-corrected chi connectivity index (χ0v) is 10.8. The summed E-state index contributed by atoms with van der Waals surface area (Å²) in [5.74, 6) is -1.31. The van der Waals surface area contributed by atoms with E-state index in [-0.39, 0.29) is 6.61 Å². The van der Waals surface area contributed by atoms with Gasteiger partial charge in [0, 0.05) is 0 Å². The minimum Gasteiger partial charge on any atom is -0.483 e. The minimum absolute atomic E-state index is 0.298. The molecule has 0 saturated heterocycles. The Hall–Kier alpha value is -2.08. The summed E-state index contributed by atoms with van der Waals surface area (Å²) in [5, 5.41) is 19.6. The first-order chi connectivity index (χ1) is 8.93.